The zero-order valence-electron chi connectivity index (χ0n) is 10.0. The standard InChI is InChI=1S/C11H22O6/c1-2-3-4-5-16-10-9(14)8(13)7(6-12)17-11(10)15/h7-15H,2-6H2,1H3/t7-,8+,9+,10-,11+/m1/s1. The van der Waals surface area contributed by atoms with Gasteiger partial charge in [0.1, 0.15) is 24.4 Å². The van der Waals surface area contributed by atoms with Gasteiger partial charge in [-0.1, -0.05) is 19.8 Å². The van der Waals surface area contributed by atoms with Gasteiger partial charge in [-0.25, -0.2) is 0 Å². The summed E-state index contributed by atoms with van der Waals surface area (Å²) in [4.78, 5) is 0. The first-order valence-electron chi connectivity index (χ1n) is 6.04. The molecule has 1 aliphatic heterocycles. The normalized spacial score (nSPS) is 38.3. The minimum atomic E-state index is -1.33. The highest BCUT2D eigenvalue weighted by atomic mass is 16.7. The van der Waals surface area contributed by atoms with Crippen molar-refractivity contribution in [3.05, 3.63) is 0 Å². The quantitative estimate of drug-likeness (QED) is 0.451. The van der Waals surface area contributed by atoms with E-state index in [1.54, 1.807) is 0 Å². The van der Waals surface area contributed by atoms with Gasteiger partial charge in [-0.15, -0.1) is 0 Å². The summed E-state index contributed by atoms with van der Waals surface area (Å²) >= 11 is 0. The Morgan fingerprint density at radius 1 is 1.12 bits per heavy atom. The average Bonchev–Trinajstić information content (AvgIpc) is 2.32. The maximum Gasteiger partial charge on any atom is 0.184 e. The molecule has 102 valence electrons. The monoisotopic (exact) mass is 250 g/mol. The Labute approximate surface area is 101 Å². The summed E-state index contributed by atoms with van der Waals surface area (Å²) < 4.78 is 10.3. The van der Waals surface area contributed by atoms with E-state index < -0.39 is 37.3 Å². The lowest BCUT2D eigenvalue weighted by atomic mass is 9.99. The number of unbranched alkanes of at least 4 members (excludes halogenated alkanes) is 2. The molecule has 5 atom stereocenters. The molecule has 1 heterocycles. The molecule has 0 radical (unpaired) electrons. The molecule has 1 fully saturated rings. The van der Waals surface area contributed by atoms with Crippen LogP contribution in [-0.4, -0.2) is 64.3 Å². The molecule has 1 saturated heterocycles. The zero-order chi connectivity index (χ0) is 12.8. The molecular weight excluding hydrogens is 228 g/mol. The number of hydrogen-bond donors (Lipinski definition) is 4. The van der Waals surface area contributed by atoms with Gasteiger partial charge in [-0.3, -0.25) is 0 Å². The Bertz CT molecular complexity index is 212. The predicted molar refractivity (Wildman–Crippen MR) is 59.2 cm³/mol. The van der Waals surface area contributed by atoms with Gasteiger partial charge in [-0.2, -0.15) is 0 Å². The van der Waals surface area contributed by atoms with E-state index in [4.69, 9.17) is 14.6 Å². The van der Waals surface area contributed by atoms with Gasteiger partial charge in [0.25, 0.3) is 0 Å². The van der Waals surface area contributed by atoms with Crippen LogP contribution in [0.3, 0.4) is 0 Å². The highest BCUT2D eigenvalue weighted by Crippen LogP contribution is 2.22. The van der Waals surface area contributed by atoms with E-state index >= 15 is 0 Å². The van der Waals surface area contributed by atoms with Crippen LogP contribution in [0.1, 0.15) is 26.2 Å². The first-order chi connectivity index (χ1) is 8.11. The average molecular weight is 250 g/mol. The first kappa shape index (κ1) is 14.8. The molecule has 0 aromatic heterocycles. The molecule has 0 saturated carbocycles. The molecule has 1 aliphatic rings. The van der Waals surface area contributed by atoms with Crippen LogP contribution in [0.5, 0.6) is 0 Å². The van der Waals surface area contributed by atoms with Crippen LogP contribution in [0.4, 0.5) is 0 Å². The van der Waals surface area contributed by atoms with Gasteiger partial charge in [0.15, 0.2) is 6.29 Å². The second-order valence-corrected chi connectivity index (χ2v) is 4.27. The second-order valence-electron chi connectivity index (χ2n) is 4.27. The SMILES string of the molecule is CCCCCO[C@@H]1[C@@H](O)[C@@H](O)[C@@H](CO)O[C@@H]1O. The van der Waals surface area contributed by atoms with Gasteiger partial charge >= 0.3 is 0 Å². The third kappa shape index (κ3) is 3.87. The van der Waals surface area contributed by atoms with E-state index in [1.165, 1.54) is 0 Å². The summed E-state index contributed by atoms with van der Waals surface area (Å²) in [6, 6.07) is 0. The van der Waals surface area contributed by atoms with Crippen molar-refractivity contribution in [1.82, 2.24) is 0 Å². The van der Waals surface area contributed by atoms with Gasteiger partial charge in [0.05, 0.1) is 6.61 Å². The van der Waals surface area contributed by atoms with Gasteiger partial charge < -0.3 is 29.9 Å². The van der Waals surface area contributed by atoms with Gasteiger partial charge in [0.2, 0.25) is 0 Å². The Kier molecular flexibility index (Phi) is 6.32. The zero-order valence-corrected chi connectivity index (χ0v) is 10.0. The van der Waals surface area contributed by atoms with Crippen LogP contribution >= 0.6 is 0 Å². The fraction of sp³-hybridized carbons (Fsp3) is 1.00. The maximum atomic E-state index is 9.74. The van der Waals surface area contributed by atoms with Crippen molar-refractivity contribution < 1.29 is 29.9 Å². The van der Waals surface area contributed by atoms with E-state index in [9.17, 15) is 15.3 Å². The summed E-state index contributed by atoms with van der Waals surface area (Å²) in [6.07, 6.45) is -2.90. The van der Waals surface area contributed by atoms with Crippen molar-refractivity contribution in [3.8, 4) is 0 Å². The molecule has 0 amide bonds. The molecule has 6 heteroatoms. The van der Waals surface area contributed by atoms with Crippen molar-refractivity contribution in [2.75, 3.05) is 13.2 Å². The molecule has 0 aromatic rings. The number of rotatable bonds is 6. The number of aliphatic hydroxyl groups is 4. The molecule has 0 bridgehead atoms. The Hall–Kier alpha value is -0.240. The Balaban J connectivity index is 2.43. The molecule has 6 nitrogen and oxygen atoms in total. The molecule has 0 aromatic carbocycles. The lowest BCUT2D eigenvalue weighted by Gasteiger charge is -2.39. The summed E-state index contributed by atoms with van der Waals surface area (Å²) in [7, 11) is 0. The van der Waals surface area contributed by atoms with E-state index in [2.05, 4.69) is 6.92 Å². The fourth-order valence-electron chi connectivity index (χ4n) is 1.82. The van der Waals surface area contributed by atoms with Crippen molar-refractivity contribution in [3.63, 3.8) is 0 Å². The number of ether oxygens (including phenoxy) is 2. The molecule has 0 aliphatic carbocycles. The number of aliphatic hydroxyl groups excluding tert-OH is 4. The van der Waals surface area contributed by atoms with Crippen LogP contribution in [0.25, 0.3) is 0 Å². The van der Waals surface area contributed by atoms with Crippen LogP contribution < -0.4 is 0 Å². The van der Waals surface area contributed by atoms with Crippen molar-refractivity contribution >= 4 is 0 Å². The Morgan fingerprint density at radius 2 is 1.82 bits per heavy atom. The van der Waals surface area contributed by atoms with E-state index in [0.29, 0.717) is 6.61 Å². The molecular formula is C11H22O6. The lowest BCUT2D eigenvalue weighted by Crippen LogP contribution is -2.59. The van der Waals surface area contributed by atoms with Crippen LogP contribution in [0.2, 0.25) is 0 Å². The second kappa shape index (κ2) is 7.25. The van der Waals surface area contributed by atoms with E-state index in [0.717, 1.165) is 19.3 Å². The summed E-state index contributed by atoms with van der Waals surface area (Å²) in [5.41, 5.74) is 0. The van der Waals surface area contributed by atoms with Crippen molar-refractivity contribution in [1.29, 1.82) is 0 Å². The lowest BCUT2D eigenvalue weighted by molar-refractivity contribution is -0.296. The van der Waals surface area contributed by atoms with Crippen LogP contribution in [0.15, 0.2) is 0 Å². The van der Waals surface area contributed by atoms with Crippen LogP contribution in [0, 0.1) is 0 Å². The third-order valence-electron chi connectivity index (χ3n) is 2.90. The van der Waals surface area contributed by atoms with Crippen molar-refractivity contribution in [2.45, 2.75) is 56.9 Å². The van der Waals surface area contributed by atoms with E-state index in [1.807, 2.05) is 0 Å². The summed E-state index contributed by atoms with van der Waals surface area (Å²) in [5, 5.41) is 37.8. The highest BCUT2D eigenvalue weighted by Gasteiger charge is 2.44. The molecule has 1 rings (SSSR count). The molecule has 17 heavy (non-hydrogen) atoms. The first-order valence-corrected chi connectivity index (χ1v) is 6.04. The minimum absolute atomic E-state index is 0.395. The number of hydrogen-bond acceptors (Lipinski definition) is 6. The topological polar surface area (TPSA) is 99.4 Å². The van der Waals surface area contributed by atoms with Crippen LogP contribution in [-0.2, 0) is 9.47 Å². The minimum Gasteiger partial charge on any atom is -0.394 e. The highest BCUT2D eigenvalue weighted by molar-refractivity contribution is 4.89. The molecule has 0 spiro atoms. The van der Waals surface area contributed by atoms with Gasteiger partial charge in [-0.05, 0) is 6.42 Å². The van der Waals surface area contributed by atoms with Crippen molar-refractivity contribution in [2.24, 2.45) is 0 Å². The third-order valence-corrected chi connectivity index (χ3v) is 2.90. The molecule has 4 N–H and O–H groups in total. The Morgan fingerprint density at radius 3 is 2.41 bits per heavy atom. The molecule has 0 unspecified atom stereocenters. The predicted octanol–water partition coefficient (Wildman–Crippen LogP) is -1.01. The summed E-state index contributed by atoms with van der Waals surface area (Å²) in [5.74, 6) is 0. The summed E-state index contributed by atoms with van der Waals surface area (Å²) in [6.45, 7) is 1.99. The maximum absolute atomic E-state index is 9.74. The largest absolute Gasteiger partial charge is 0.394 e. The van der Waals surface area contributed by atoms with Gasteiger partial charge in [0, 0.05) is 6.61 Å². The smallest absolute Gasteiger partial charge is 0.184 e. The fourth-order valence-corrected chi connectivity index (χ4v) is 1.82. The van der Waals surface area contributed by atoms with E-state index in [-0.39, 0.29) is 0 Å².